The molecule has 3 rings (SSSR count). The van der Waals surface area contributed by atoms with E-state index in [4.69, 9.17) is 10.00 Å². The fourth-order valence-corrected chi connectivity index (χ4v) is 3.78. The molecule has 0 saturated heterocycles. The molecule has 2 aliphatic rings. The van der Waals surface area contributed by atoms with Crippen LogP contribution in [0.2, 0.25) is 0 Å². The first-order chi connectivity index (χ1) is 11.7. The quantitative estimate of drug-likeness (QED) is 0.900. The number of amides is 1. The van der Waals surface area contributed by atoms with E-state index in [0.29, 0.717) is 23.8 Å². The van der Waals surface area contributed by atoms with E-state index >= 15 is 0 Å². The van der Waals surface area contributed by atoms with Crippen LogP contribution in [0.15, 0.2) is 18.3 Å². The number of nitrogens with one attached hydrogen (secondary N) is 1. The lowest BCUT2D eigenvalue weighted by atomic mass is 9.92. The number of rotatable bonds is 5. The highest BCUT2D eigenvalue weighted by molar-refractivity contribution is 5.76. The van der Waals surface area contributed by atoms with Gasteiger partial charge in [0.2, 0.25) is 11.8 Å². The second kappa shape index (κ2) is 8.14. The molecule has 0 aliphatic heterocycles. The number of hydrogen-bond acceptors (Lipinski definition) is 4. The topological polar surface area (TPSA) is 75.0 Å². The van der Waals surface area contributed by atoms with Crippen molar-refractivity contribution in [3.05, 3.63) is 23.9 Å². The molecule has 0 unspecified atom stereocenters. The Bertz CT molecular complexity index is 580. The van der Waals surface area contributed by atoms with Crippen molar-refractivity contribution in [2.75, 3.05) is 0 Å². The molecule has 1 N–H and O–H groups in total. The fourth-order valence-electron chi connectivity index (χ4n) is 3.78. The molecule has 5 heteroatoms. The maximum atomic E-state index is 12.1. The Kier molecular flexibility index (Phi) is 5.68. The molecule has 1 amide bonds. The van der Waals surface area contributed by atoms with E-state index in [0.717, 1.165) is 25.7 Å². The molecule has 1 aromatic heterocycles. The summed E-state index contributed by atoms with van der Waals surface area (Å²) in [5.41, 5.74) is 0.538. The zero-order valence-electron chi connectivity index (χ0n) is 14.0. The smallest absolute Gasteiger partial charge is 0.220 e. The van der Waals surface area contributed by atoms with E-state index < -0.39 is 0 Å². The Morgan fingerprint density at radius 3 is 2.58 bits per heavy atom. The first-order valence-corrected chi connectivity index (χ1v) is 9.05. The molecule has 0 bridgehead atoms. The van der Waals surface area contributed by atoms with Gasteiger partial charge in [0, 0.05) is 24.7 Å². The normalized spacial score (nSPS) is 24.3. The van der Waals surface area contributed by atoms with Gasteiger partial charge in [-0.05, 0) is 50.5 Å². The molecule has 0 aromatic carbocycles. The average Bonchev–Trinajstić information content (AvgIpc) is 3.10. The summed E-state index contributed by atoms with van der Waals surface area (Å²) in [6.45, 7) is 0. The van der Waals surface area contributed by atoms with Gasteiger partial charge < -0.3 is 10.1 Å². The van der Waals surface area contributed by atoms with E-state index in [1.165, 1.54) is 31.9 Å². The van der Waals surface area contributed by atoms with Gasteiger partial charge in [-0.1, -0.05) is 12.8 Å². The van der Waals surface area contributed by atoms with Crippen molar-refractivity contribution in [2.24, 2.45) is 5.92 Å². The Morgan fingerprint density at radius 2 is 1.96 bits per heavy atom. The number of pyridine rings is 1. The van der Waals surface area contributed by atoms with E-state index in [9.17, 15) is 4.79 Å². The van der Waals surface area contributed by atoms with Crippen molar-refractivity contribution >= 4 is 5.91 Å². The van der Waals surface area contributed by atoms with Crippen LogP contribution >= 0.6 is 0 Å². The molecule has 0 radical (unpaired) electrons. The monoisotopic (exact) mass is 327 g/mol. The minimum Gasteiger partial charge on any atom is -0.474 e. The lowest BCUT2D eigenvalue weighted by Crippen LogP contribution is -2.40. The molecule has 128 valence electrons. The van der Waals surface area contributed by atoms with Crippen molar-refractivity contribution in [1.29, 1.82) is 5.26 Å². The van der Waals surface area contributed by atoms with E-state index in [1.54, 1.807) is 12.1 Å². The number of nitrogens with zero attached hydrogens (tertiary/aromatic N) is 2. The average molecular weight is 327 g/mol. The SMILES string of the molecule is N#Cc1ccc(OC2CCC(NC(=O)CC3CCCC3)CC2)nc1. The molecule has 2 saturated carbocycles. The van der Waals surface area contributed by atoms with Crippen LogP contribution in [0, 0.1) is 17.2 Å². The Labute approximate surface area is 143 Å². The van der Waals surface area contributed by atoms with Crippen LogP contribution in [0.4, 0.5) is 0 Å². The molecule has 5 nitrogen and oxygen atoms in total. The summed E-state index contributed by atoms with van der Waals surface area (Å²) in [5.74, 6) is 1.40. The maximum absolute atomic E-state index is 12.1. The minimum atomic E-state index is 0.147. The first-order valence-electron chi connectivity index (χ1n) is 9.05. The Hall–Kier alpha value is -2.09. The predicted octanol–water partition coefficient (Wildman–Crippen LogP) is 3.34. The lowest BCUT2D eigenvalue weighted by molar-refractivity contribution is -0.123. The Balaban J connectivity index is 1.38. The second-order valence-corrected chi connectivity index (χ2v) is 7.01. The van der Waals surface area contributed by atoms with Crippen molar-refractivity contribution in [1.82, 2.24) is 10.3 Å². The third kappa shape index (κ3) is 4.70. The minimum absolute atomic E-state index is 0.147. The van der Waals surface area contributed by atoms with Crippen molar-refractivity contribution in [3.63, 3.8) is 0 Å². The van der Waals surface area contributed by atoms with Crippen molar-refractivity contribution in [2.45, 2.75) is 69.9 Å². The van der Waals surface area contributed by atoms with E-state index in [2.05, 4.69) is 10.3 Å². The highest BCUT2D eigenvalue weighted by Gasteiger charge is 2.25. The van der Waals surface area contributed by atoms with Gasteiger partial charge in [-0.25, -0.2) is 4.98 Å². The van der Waals surface area contributed by atoms with Crippen molar-refractivity contribution in [3.8, 4) is 11.9 Å². The van der Waals surface area contributed by atoms with Gasteiger partial charge in [0.1, 0.15) is 12.2 Å². The molecular weight excluding hydrogens is 302 g/mol. The number of carbonyl (C=O) groups excluding carboxylic acids is 1. The van der Waals surface area contributed by atoms with Gasteiger partial charge in [0.25, 0.3) is 0 Å². The van der Waals surface area contributed by atoms with Crippen molar-refractivity contribution < 1.29 is 9.53 Å². The fraction of sp³-hybridized carbons (Fsp3) is 0.632. The summed E-state index contributed by atoms with van der Waals surface area (Å²) in [4.78, 5) is 16.3. The van der Waals surface area contributed by atoms with Gasteiger partial charge in [0.15, 0.2) is 0 Å². The summed E-state index contributed by atoms with van der Waals surface area (Å²) < 4.78 is 5.88. The largest absolute Gasteiger partial charge is 0.474 e. The molecule has 0 spiro atoms. The number of carbonyl (C=O) groups is 1. The molecule has 1 aromatic rings. The zero-order valence-corrected chi connectivity index (χ0v) is 14.0. The third-order valence-corrected chi connectivity index (χ3v) is 5.14. The maximum Gasteiger partial charge on any atom is 0.220 e. The molecule has 24 heavy (non-hydrogen) atoms. The van der Waals surface area contributed by atoms with Gasteiger partial charge >= 0.3 is 0 Å². The summed E-state index contributed by atoms with van der Waals surface area (Å²) in [7, 11) is 0. The highest BCUT2D eigenvalue weighted by atomic mass is 16.5. The van der Waals surface area contributed by atoms with Crippen LogP contribution in [0.1, 0.15) is 63.4 Å². The van der Waals surface area contributed by atoms with Crippen LogP contribution in [0.25, 0.3) is 0 Å². The number of hydrogen-bond donors (Lipinski definition) is 1. The Morgan fingerprint density at radius 1 is 1.21 bits per heavy atom. The lowest BCUT2D eigenvalue weighted by Gasteiger charge is -2.29. The molecular formula is C19H25N3O2. The van der Waals surface area contributed by atoms with Crippen LogP contribution in [0.3, 0.4) is 0 Å². The predicted molar refractivity (Wildman–Crippen MR) is 90.3 cm³/mol. The summed E-state index contributed by atoms with van der Waals surface area (Å²) >= 11 is 0. The second-order valence-electron chi connectivity index (χ2n) is 7.01. The summed E-state index contributed by atoms with van der Waals surface area (Å²) in [6, 6.07) is 5.80. The van der Waals surface area contributed by atoms with Crippen LogP contribution in [-0.4, -0.2) is 23.0 Å². The van der Waals surface area contributed by atoms with Gasteiger partial charge in [-0.15, -0.1) is 0 Å². The summed E-state index contributed by atoms with van der Waals surface area (Å²) in [6.07, 6.45) is 11.1. The third-order valence-electron chi connectivity index (χ3n) is 5.14. The molecule has 0 atom stereocenters. The van der Waals surface area contributed by atoms with E-state index in [-0.39, 0.29) is 18.1 Å². The van der Waals surface area contributed by atoms with Gasteiger partial charge in [0.05, 0.1) is 5.56 Å². The van der Waals surface area contributed by atoms with Gasteiger partial charge in [-0.3, -0.25) is 4.79 Å². The van der Waals surface area contributed by atoms with Crippen LogP contribution in [0.5, 0.6) is 5.88 Å². The number of nitriles is 1. The van der Waals surface area contributed by atoms with Crippen LogP contribution < -0.4 is 10.1 Å². The number of aromatic nitrogens is 1. The first kappa shape index (κ1) is 16.8. The highest BCUT2D eigenvalue weighted by Crippen LogP contribution is 2.28. The molecule has 2 aliphatic carbocycles. The van der Waals surface area contributed by atoms with Crippen LogP contribution in [-0.2, 0) is 4.79 Å². The summed E-state index contributed by atoms with van der Waals surface area (Å²) in [5, 5.41) is 12.0. The van der Waals surface area contributed by atoms with Gasteiger partial charge in [-0.2, -0.15) is 5.26 Å². The molecule has 1 heterocycles. The zero-order chi connectivity index (χ0) is 16.8. The standard InChI is InChI=1S/C19H25N3O2/c20-12-15-5-10-19(21-13-15)24-17-8-6-16(7-9-17)22-18(23)11-14-3-1-2-4-14/h5,10,13-14,16-17H,1-4,6-9,11H2,(H,22,23). The molecule has 2 fully saturated rings. The number of ether oxygens (including phenoxy) is 1. The van der Waals surface area contributed by atoms with E-state index in [1.807, 2.05) is 6.07 Å².